The molecule has 4 rings (SSSR count). The zero-order chi connectivity index (χ0) is 15.7. The number of para-hydroxylation sites is 1. The smallest absolute Gasteiger partial charge is 0.312 e. The molecule has 0 saturated carbocycles. The summed E-state index contributed by atoms with van der Waals surface area (Å²) >= 11 is 0. The lowest BCUT2D eigenvalue weighted by Gasteiger charge is -2.38. The van der Waals surface area contributed by atoms with Crippen molar-refractivity contribution in [3.8, 4) is 5.75 Å². The molecule has 2 heteroatoms. The quantitative estimate of drug-likeness (QED) is 0.520. The van der Waals surface area contributed by atoms with Crippen LogP contribution in [-0.2, 0) is 10.2 Å². The van der Waals surface area contributed by atoms with Gasteiger partial charge in [0, 0.05) is 5.56 Å². The van der Waals surface area contributed by atoms with Crippen molar-refractivity contribution in [3.63, 3.8) is 0 Å². The van der Waals surface area contributed by atoms with Crippen LogP contribution in [0.15, 0.2) is 84.9 Å². The van der Waals surface area contributed by atoms with Gasteiger partial charge in [0.05, 0.1) is 11.8 Å². The third-order valence-electron chi connectivity index (χ3n) is 4.51. The third-order valence-corrected chi connectivity index (χ3v) is 4.51. The van der Waals surface area contributed by atoms with E-state index in [1.807, 2.05) is 54.6 Å². The zero-order valence-corrected chi connectivity index (χ0v) is 12.6. The van der Waals surface area contributed by atoms with Crippen molar-refractivity contribution >= 4 is 5.97 Å². The molecule has 1 aliphatic rings. The summed E-state index contributed by atoms with van der Waals surface area (Å²) in [6, 6.07) is 28.2. The molecule has 3 aromatic rings. The molecule has 0 atom stereocenters. The molecular weight excluding hydrogens is 284 g/mol. The maximum atomic E-state index is 12.4. The maximum Gasteiger partial charge on any atom is 0.312 e. The van der Waals surface area contributed by atoms with Crippen molar-refractivity contribution in [1.29, 1.82) is 0 Å². The Bertz CT molecular complexity index is 798. The van der Waals surface area contributed by atoms with Crippen LogP contribution in [0.2, 0.25) is 0 Å². The molecule has 0 aromatic heterocycles. The van der Waals surface area contributed by atoms with Gasteiger partial charge in [0.2, 0.25) is 0 Å². The SMILES string of the molecule is O=C1CC(c2ccccc2)(c2ccccc2)c2ccccc2O1. The number of carbonyl (C=O) groups is 1. The maximum absolute atomic E-state index is 12.4. The Hall–Kier alpha value is -2.87. The summed E-state index contributed by atoms with van der Waals surface area (Å²) in [7, 11) is 0. The normalized spacial score (nSPS) is 15.6. The third kappa shape index (κ3) is 2.15. The van der Waals surface area contributed by atoms with Gasteiger partial charge in [-0.1, -0.05) is 78.9 Å². The average molecular weight is 300 g/mol. The van der Waals surface area contributed by atoms with Crippen LogP contribution >= 0.6 is 0 Å². The molecule has 0 unspecified atom stereocenters. The highest BCUT2D eigenvalue weighted by molar-refractivity contribution is 5.81. The van der Waals surface area contributed by atoms with Gasteiger partial charge in [-0.05, 0) is 17.2 Å². The Morgan fingerprint density at radius 2 is 1.22 bits per heavy atom. The van der Waals surface area contributed by atoms with E-state index in [-0.39, 0.29) is 5.97 Å². The van der Waals surface area contributed by atoms with Gasteiger partial charge < -0.3 is 4.74 Å². The molecule has 0 aliphatic carbocycles. The number of hydrogen-bond donors (Lipinski definition) is 0. The molecule has 0 saturated heterocycles. The van der Waals surface area contributed by atoms with E-state index in [0.717, 1.165) is 16.7 Å². The molecule has 1 aliphatic heterocycles. The van der Waals surface area contributed by atoms with Crippen LogP contribution in [0.4, 0.5) is 0 Å². The van der Waals surface area contributed by atoms with Gasteiger partial charge in [-0.25, -0.2) is 0 Å². The van der Waals surface area contributed by atoms with Crippen LogP contribution < -0.4 is 4.74 Å². The fourth-order valence-electron chi connectivity index (χ4n) is 3.51. The average Bonchev–Trinajstić information content (AvgIpc) is 2.62. The minimum absolute atomic E-state index is 0.198. The molecule has 1 heterocycles. The Kier molecular flexibility index (Phi) is 3.23. The number of benzene rings is 3. The summed E-state index contributed by atoms with van der Waals surface area (Å²) in [4.78, 5) is 12.4. The largest absolute Gasteiger partial charge is 0.426 e. The van der Waals surface area contributed by atoms with E-state index < -0.39 is 5.41 Å². The number of rotatable bonds is 2. The van der Waals surface area contributed by atoms with Crippen molar-refractivity contribution in [3.05, 3.63) is 102 Å². The molecule has 0 N–H and O–H groups in total. The molecular formula is C21H16O2. The van der Waals surface area contributed by atoms with Crippen LogP contribution in [0, 0.1) is 0 Å². The van der Waals surface area contributed by atoms with Crippen LogP contribution in [0.5, 0.6) is 5.75 Å². The first-order valence-corrected chi connectivity index (χ1v) is 7.72. The van der Waals surface area contributed by atoms with E-state index in [1.165, 1.54) is 0 Å². The van der Waals surface area contributed by atoms with Crippen LogP contribution in [0.3, 0.4) is 0 Å². The standard InChI is InChI=1S/C21H16O2/c22-20-15-21(16-9-3-1-4-10-16,17-11-5-2-6-12-17)18-13-7-8-14-19(18)23-20/h1-14H,15H2. The predicted molar refractivity (Wildman–Crippen MR) is 89.5 cm³/mol. The Morgan fingerprint density at radius 3 is 1.83 bits per heavy atom. The van der Waals surface area contributed by atoms with Crippen LogP contribution in [0.25, 0.3) is 0 Å². The molecule has 0 amide bonds. The molecule has 112 valence electrons. The second-order valence-corrected chi connectivity index (χ2v) is 5.78. The monoisotopic (exact) mass is 300 g/mol. The molecule has 2 nitrogen and oxygen atoms in total. The van der Waals surface area contributed by atoms with Crippen molar-refractivity contribution in [2.24, 2.45) is 0 Å². The predicted octanol–water partition coefficient (Wildman–Crippen LogP) is 4.33. The van der Waals surface area contributed by atoms with Gasteiger partial charge in [-0.3, -0.25) is 4.79 Å². The van der Waals surface area contributed by atoms with Gasteiger partial charge in [-0.15, -0.1) is 0 Å². The minimum atomic E-state index is -0.506. The highest BCUT2D eigenvalue weighted by Gasteiger charge is 2.44. The van der Waals surface area contributed by atoms with Gasteiger partial charge in [0.1, 0.15) is 5.75 Å². The first kappa shape index (κ1) is 13.8. The summed E-state index contributed by atoms with van der Waals surface area (Å²) in [6.07, 6.45) is 0.304. The number of hydrogen-bond acceptors (Lipinski definition) is 2. The fourth-order valence-corrected chi connectivity index (χ4v) is 3.51. The summed E-state index contributed by atoms with van der Waals surface area (Å²) in [5.74, 6) is 0.452. The summed E-state index contributed by atoms with van der Waals surface area (Å²) in [6.45, 7) is 0. The second-order valence-electron chi connectivity index (χ2n) is 5.78. The number of ether oxygens (including phenoxy) is 1. The fraction of sp³-hybridized carbons (Fsp3) is 0.0952. The van der Waals surface area contributed by atoms with Crippen LogP contribution in [-0.4, -0.2) is 5.97 Å². The number of fused-ring (bicyclic) bond motifs is 1. The van der Waals surface area contributed by atoms with Gasteiger partial charge in [0.25, 0.3) is 0 Å². The second kappa shape index (κ2) is 5.40. The molecule has 3 aromatic carbocycles. The molecule has 0 bridgehead atoms. The van der Waals surface area contributed by atoms with Gasteiger partial charge in [-0.2, -0.15) is 0 Å². The minimum Gasteiger partial charge on any atom is -0.426 e. The van der Waals surface area contributed by atoms with E-state index in [2.05, 4.69) is 30.3 Å². The molecule has 0 spiro atoms. The van der Waals surface area contributed by atoms with Crippen LogP contribution in [0.1, 0.15) is 23.1 Å². The first-order chi connectivity index (χ1) is 11.3. The summed E-state index contributed by atoms with van der Waals surface area (Å²) in [5.41, 5.74) is 2.75. The van der Waals surface area contributed by atoms with E-state index in [4.69, 9.17) is 4.74 Å². The lowest BCUT2D eigenvalue weighted by molar-refractivity contribution is -0.136. The van der Waals surface area contributed by atoms with Gasteiger partial charge >= 0.3 is 5.97 Å². The van der Waals surface area contributed by atoms with E-state index in [9.17, 15) is 4.79 Å². The van der Waals surface area contributed by atoms with E-state index in [1.54, 1.807) is 0 Å². The highest BCUT2D eigenvalue weighted by atomic mass is 16.5. The van der Waals surface area contributed by atoms with Crippen molar-refractivity contribution in [1.82, 2.24) is 0 Å². The van der Waals surface area contributed by atoms with Crippen molar-refractivity contribution < 1.29 is 9.53 Å². The molecule has 23 heavy (non-hydrogen) atoms. The van der Waals surface area contributed by atoms with E-state index >= 15 is 0 Å². The Morgan fingerprint density at radius 1 is 0.696 bits per heavy atom. The van der Waals surface area contributed by atoms with Gasteiger partial charge in [0.15, 0.2) is 0 Å². The van der Waals surface area contributed by atoms with Crippen molar-refractivity contribution in [2.75, 3.05) is 0 Å². The molecule has 0 fully saturated rings. The number of carbonyl (C=O) groups excluding carboxylic acids is 1. The lowest BCUT2D eigenvalue weighted by Crippen LogP contribution is -2.38. The van der Waals surface area contributed by atoms with Crippen molar-refractivity contribution in [2.45, 2.75) is 11.8 Å². The van der Waals surface area contributed by atoms with E-state index in [0.29, 0.717) is 12.2 Å². The Balaban J connectivity index is 2.07. The number of esters is 1. The summed E-state index contributed by atoms with van der Waals surface area (Å²) < 4.78 is 5.49. The lowest BCUT2D eigenvalue weighted by atomic mass is 9.66. The molecule has 0 radical (unpaired) electrons. The first-order valence-electron chi connectivity index (χ1n) is 7.72. The highest BCUT2D eigenvalue weighted by Crippen LogP contribution is 2.48. The summed E-state index contributed by atoms with van der Waals surface area (Å²) in [5, 5.41) is 0. The zero-order valence-electron chi connectivity index (χ0n) is 12.6. The Labute approximate surface area is 135 Å². The topological polar surface area (TPSA) is 26.3 Å².